The molecule has 2 aromatic rings. The Morgan fingerprint density at radius 3 is 2.68 bits per heavy atom. The Balaban J connectivity index is 1.83. The minimum Gasteiger partial charge on any atom is -0.507 e. The number of carbonyl (C=O) groups is 1. The van der Waals surface area contributed by atoms with Gasteiger partial charge in [-0.25, -0.2) is 5.43 Å². The second kappa shape index (κ2) is 7.26. The molecule has 0 heterocycles. The number of amides is 1. The average Bonchev–Trinajstić information content (AvgIpc) is 2.47. The van der Waals surface area contributed by atoms with Crippen LogP contribution in [0.25, 0.3) is 0 Å². The predicted molar refractivity (Wildman–Crippen MR) is 88.2 cm³/mol. The van der Waals surface area contributed by atoms with Crippen LogP contribution in [0.15, 0.2) is 47.6 Å². The van der Waals surface area contributed by atoms with E-state index in [-0.39, 0.29) is 18.2 Å². The van der Waals surface area contributed by atoms with Crippen LogP contribution in [0.3, 0.4) is 0 Å². The van der Waals surface area contributed by atoms with E-state index in [1.54, 1.807) is 12.1 Å². The second-order valence-electron chi connectivity index (χ2n) is 5.08. The molecule has 0 saturated carbocycles. The molecule has 0 fully saturated rings. The van der Waals surface area contributed by atoms with E-state index in [1.807, 2.05) is 44.2 Å². The third-order valence-corrected chi connectivity index (χ3v) is 3.05. The zero-order valence-corrected chi connectivity index (χ0v) is 12.6. The van der Waals surface area contributed by atoms with E-state index in [2.05, 4.69) is 15.8 Å². The molecule has 0 atom stereocenters. The van der Waals surface area contributed by atoms with Crippen molar-refractivity contribution in [2.45, 2.75) is 13.8 Å². The summed E-state index contributed by atoms with van der Waals surface area (Å²) >= 11 is 0. The summed E-state index contributed by atoms with van der Waals surface area (Å²) in [5.74, 6) is -0.125. The van der Waals surface area contributed by atoms with Crippen LogP contribution in [0, 0.1) is 13.8 Å². The van der Waals surface area contributed by atoms with Crippen molar-refractivity contribution in [3.8, 4) is 5.75 Å². The van der Waals surface area contributed by atoms with Gasteiger partial charge in [-0.05, 0) is 49.2 Å². The van der Waals surface area contributed by atoms with Gasteiger partial charge in [0.05, 0.1) is 12.8 Å². The van der Waals surface area contributed by atoms with Gasteiger partial charge >= 0.3 is 0 Å². The minimum absolute atomic E-state index is 0.126. The third kappa shape index (κ3) is 4.63. The van der Waals surface area contributed by atoms with Crippen LogP contribution in [-0.4, -0.2) is 23.8 Å². The van der Waals surface area contributed by atoms with E-state index in [1.165, 1.54) is 6.21 Å². The van der Waals surface area contributed by atoms with Gasteiger partial charge in [-0.3, -0.25) is 4.79 Å². The fourth-order valence-electron chi connectivity index (χ4n) is 1.91. The number of aromatic hydroxyl groups is 1. The van der Waals surface area contributed by atoms with Crippen LogP contribution < -0.4 is 10.7 Å². The van der Waals surface area contributed by atoms with Gasteiger partial charge in [0, 0.05) is 11.3 Å². The normalized spacial score (nSPS) is 10.6. The van der Waals surface area contributed by atoms with Crippen LogP contribution >= 0.6 is 0 Å². The average molecular weight is 297 g/mol. The number of benzene rings is 2. The lowest BCUT2D eigenvalue weighted by atomic mass is 10.1. The quantitative estimate of drug-likeness (QED) is 0.586. The summed E-state index contributed by atoms with van der Waals surface area (Å²) in [4.78, 5) is 11.7. The monoisotopic (exact) mass is 297 g/mol. The molecule has 2 aromatic carbocycles. The van der Waals surface area contributed by atoms with Crippen molar-refractivity contribution in [3.05, 3.63) is 59.2 Å². The lowest BCUT2D eigenvalue weighted by Crippen LogP contribution is -2.25. The molecule has 3 N–H and O–H groups in total. The number of nitrogens with zero attached hydrogens (tertiary/aromatic N) is 1. The maximum Gasteiger partial charge on any atom is 0.259 e. The topological polar surface area (TPSA) is 73.7 Å². The largest absolute Gasteiger partial charge is 0.507 e. The maximum atomic E-state index is 11.7. The van der Waals surface area contributed by atoms with Crippen LogP contribution in [-0.2, 0) is 4.79 Å². The van der Waals surface area contributed by atoms with Gasteiger partial charge in [0.15, 0.2) is 0 Å². The van der Waals surface area contributed by atoms with Crippen molar-refractivity contribution in [1.82, 2.24) is 5.43 Å². The molecule has 0 saturated heterocycles. The Labute approximate surface area is 129 Å². The summed E-state index contributed by atoms with van der Waals surface area (Å²) in [6.45, 7) is 4.00. The lowest BCUT2D eigenvalue weighted by Gasteiger charge is -2.06. The minimum atomic E-state index is -0.260. The maximum absolute atomic E-state index is 11.7. The summed E-state index contributed by atoms with van der Waals surface area (Å²) in [6.07, 6.45) is 1.42. The standard InChI is InChI=1S/C17H19N3O2/c1-12-4-3-5-15(8-12)18-11-17(22)20-19-10-14-7-6-13(2)9-16(14)21/h3-10,18,21H,11H2,1-2H3,(H,20,22)/b19-10-. The van der Waals surface area contributed by atoms with Gasteiger partial charge in [-0.15, -0.1) is 0 Å². The van der Waals surface area contributed by atoms with Crippen molar-refractivity contribution in [3.63, 3.8) is 0 Å². The molecule has 0 spiro atoms. The molecule has 0 bridgehead atoms. The first kappa shape index (κ1) is 15.6. The number of phenols is 1. The first-order valence-corrected chi connectivity index (χ1v) is 6.96. The fraction of sp³-hybridized carbons (Fsp3) is 0.176. The van der Waals surface area contributed by atoms with Crippen molar-refractivity contribution in [2.75, 3.05) is 11.9 Å². The van der Waals surface area contributed by atoms with Gasteiger partial charge in [-0.2, -0.15) is 5.10 Å². The molecule has 0 aliphatic rings. The van der Waals surface area contributed by atoms with Gasteiger partial charge in [-0.1, -0.05) is 18.2 Å². The predicted octanol–water partition coefficient (Wildman–Crippen LogP) is 2.57. The number of phenolic OH excluding ortho intramolecular Hbond substituents is 1. The van der Waals surface area contributed by atoms with E-state index in [4.69, 9.17) is 0 Å². The molecular weight excluding hydrogens is 278 g/mol. The number of hydrogen-bond donors (Lipinski definition) is 3. The molecule has 2 rings (SSSR count). The zero-order chi connectivity index (χ0) is 15.9. The van der Waals surface area contributed by atoms with Crippen LogP contribution in [0.4, 0.5) is 5.69 Å². The Morgan fingerprint density at radius 1 is 1.18 bits per heavy atom. The summed E-state index contributed by atoms with van der Waals surface area (Å²) in [6, 6.07) is 13.0. The Morgan fingerprint density at radius 2 is 1.95 bits per heavy atom. The molecule has 0 radical (unpaired) electrons. The molecule has 0 aliphatic carbocycles. The molecule has 0 aliphatic heterocycles. The molecule has 5 nitrogen and oxygen atoms in total. The highest BCUT2D eigenvalue weighted by Gasteiger charge is 2.01. The number of rotatable bonds is 5. The number of hydrazone groups is 1. The van der Waals surface area contributed by atoms with E-state index < -0.39 is 0 Å². The number of nitrogens with one attached hydrogen (secondary N) is 2. The number of anilines is 1. The molecule has 5 heteroatoms. The molecule has 114 valence electrons. The van der Waals surface area contributed by atoms with Crippen LogP contribution in [0.1, 0.15) is 16.7 Å². The summed E-state index contributed by atoms with van der Waals surface area (Å²) in [7, 11) is 0. The van der Waals surface area contributed by atoms with Gasteiger partial charge in [0.2, 0.25) is 0 Å². The molecule has 1 amide bonds. The van der Waals surface area contributed by atoms with Gasteiger partial charge < -0.3 is 10.4 Å². The molecular formula is C17H19N3O2. The highest BCUT2D eigenvalue weighted by Crippen LogP contribution is 2.16. The zero-order valence-electron chi connectivity index (χ0n) is 12.6. The van der Waals surface area contributed by atoms with E-state index in [9.17, 15) is 9.90 Å². The Kier molecular flexibility index (Phi) is 5.14. The summed E-state index contributed by atoms with van der Waals surface area (Å²) in [5.41, 5.74) is 5.94. The first-order valence-electron chi connectivity index (χ1n) is 6.96. The number of hydrogen-bond acceptors (Lipinski definition) is 4. The SMILES string of the molecule is Cc1cccc(NCC(=O)N/N=C\c2ccc(C)cc2O)c1. The van der Waals surface area contributed by atoms with Crippen molar-refractivity contribution in [1.29, 1.82) is 0 Å². The summed E-state index contributed by atoms with van der Waals surface area (Å²) in [5, 5.41) is 16.6. The van der Waals surface area contributed by atoms with E-state index in [0.29, 0.717) is 5.56 Å². The molecule has 0 aromatic heterocycles. The van der Waals surface area contributed by atoms with Gasteiger partial charge in [0.1, 0.15) is 5.75 Å². The summed E-state index contributed by atoms with van der Waals surface area (Å²) < 4.78 is 0. The number of carbonyl (C=O) groups excluding carboxylic acids is 1. The highest BCUT2D eigenvalue weighted by molar-refractivity contribution is 5.86. The number of aryl methyl sites for hydroxylation is 2. The second-order valence-corrected chi connectivity index (χ2v) is 5.08. The van der Waals surface area contributed by atoms with Crippen molar-refractivity contribution < 1.29 is 9.90 Å². The Hall–Kier alpha value is -2.82. The highest BCUT2D eigenvalue weighted by atomic mass is 16.3. The third-order valence-electron chi connectivity index (χ3n) is 3.05. The lowest BCUT2D eigenvalue weighted by molar-refractivity contribution is -0.119. The van der Waals surface area contributed by atoms with Crippen molar-refractivity contribution in [2.24, 2.45) is 5.10 Å². The van der Waals surface area contributed by atoms with Crippen molar-refractivity contribution >= 4 is 17.8 Å². The fourth-order valence-corrected chi connectivity index (χ4v) is 1.91. The smallest absolute Gasteiger partial charge is 0.259 e. The van der Waals surface area contributed by atoms with Crippen LogP contribution in [0.5, 0.6) is 5.75 Å². The first-order chi connectivity index (χ1) is 10.5. The molecule has 0 unspecified atom stereocenters. The Bertz CT molecular complexity index is 696. The van der Waals surface area contributed by atoms with E-state index >= 15 is 0 Å². The van der Waals surface area contributed by atoms with Gasteiger partial charge in [0.25, 0.3) is 5.91 Å². The van der Waals surface area contributed by atoms with E-state index in [0.717, 1.165) is 16.8 Å². The van der Waals surface area contributed by atoms with Crippen LogP contribution in [0.2, 0.25) is 0 Å². The molecule has 22 heavy (non-hydrogen) atoms.